The molecule has 41 heavy (non-hydrogen) atoms. The molecule has 0 spiro atoms. The smallest absolute Gasteiger partial charge is 0.358 e. The van der Waals surface area contributed by atoms with Crippen molar-refractivity contribution in [1.29, 1.82) is 0 Å². The summed E-state index contributed by atoms with van der Waals surface area (Å²) in [6.07, 6.45) is 2.90. The molecule has 1 aromatic carbocycles. The number of nitrogens with zero attached hydrogens (tertiary/aromatic N) is 2. The molecule has 1 fully saturated rings. The molecule has 0 radical (unpaired) electrons. The number of hydrogen-bond acceptors (Lipinski definition) is 9. The molecule has 3 atom stereocenters. The van der Waals surface area contributed by atoms with Gasteiger partial charge >= 0.3 is 11.9 Å². The van der Waals surface area contributed by atoms with E-state index in [1.165, 1.54) is 4.90 Å². The molecule has 1 saturated heterocycles. The van der Waals surface area contributed by atoms with Gasteiger partial charge in [-0.2, -0.15) is 0 Å². The molecule has 2 aliphatic rings. The average molecular weight is 566 g/mol. The summed E-state index contributed by atoms with van der Waals surface area (Å²) in [5.74, 6) is -2.43. The summed E-state index contributed by atoms with van der Waals surface area (Å²) in [5.41, 5.74) is 2.19. The van der Waals surface area contributed by atoms with Crippen LogP contribution in [0.25, 0.3) is 5.57 Å². The number of carbonyl (C=O) groups is 4. The van der Waals surface area contributed by atoms with E-state index in [9.17, 15) is 24.3 Å². The van der Waals surface area contributed by atoms with Crippen LogP contribution in [0.3, 0.4) is 0 Å². The zero-order chi connectivity index (χ0) is 29.7. The van der Waals surface area contributed by atoms with Crippen molar-refractivity contribution in [3.8, 4) is 0 Å². The number of pyridine rings is 1. The van der Waals surface area contributed by atoms with Crippen molar-refractivity contribution in [3.05, 3.63) is 65.6 Å². The van der Waals surface area contributed by atoms with Crippen molar-refractivity contribution < 1.29 is 38.5 Å². The van der Waals surface area contributed by atoms with Crippen LogP contribution in [0.15, 0.2) is 54.5 Å². The first-order valence-electron chi connectivity index (χ1n) is 13.4. The number of nitrogens with one attached hydrogen (secondary N) is 1. The van der Waals surface area contributed by atoms with Crippen LogP contribution >= 0.6 is 0 Å². The first-order chi connectivity index (χ1) is 19.5. The predicted octanol–water partition coefficient (Wildman–Crippen LogP) is 3.04. The van der Waals surface area contributed by atoms with E-state index in [-0.39, 0.29) is 43.2 Å². The fraction of sp³-hybridized carbons (Fsp3) is 0.433. The van der Waals surface area contributed by atoms with Crippen LogP contribution in [0, 0.1) is 11.3 Å². The van der Waals surface area contributed by atoms with Crippen molar-refractivity contribution in [2.24, 2.45) is 11.3 Å². The van der Waals surface area contributed by atoms with Gasteiger partial charge in [-0.05, 0) is 62.9 Å². The molecule has 0 saturated carbocycles. The second-order valence-corrected chi connectivity index (χ2v) is 11.1. The molecular weight excluding hydrogens is 530 g/mol. The minimum absolute atomic E-state index is 0.0907. The van der Waals surface area contributed by atoms with Crippen molar-refractivity contribution in [2.75, 3.05) is 18.7 Å². The number of ether oxygens (including phenoxy) is 3. The molecule has 2 aliphatic heterocycles. The van der Waals surface area contributed by atoms with E-state index < -0.39 is 36.2 Å². The number of hydrogen-bond donors (Lipinski definition) is 2. The van der Waals surface area contributed by atoms with Gasteiger partial charge in [0.25, 0.3) is 0 Å². The number of aliphatic hydroxyl groups excluding tert-OH is 1. The van der Waals surface area contributed by atoms with Crippen LogP contribution in [0.5, 0.6) is 0 Å². The Labute approximate surface area is 238 Å². The summed E-state index contributed by atoms with van der Waals surface area (Å²) >= 11 is 0. The molecule has 4 rings (SSSR count). The molecule has 0 aliphatic carbocycles. The highest BCUT2D eigenvalue weighted by atomic mass is 16.7. The maximum absolute atomic E-state index is 13.1. The summed E-state index contributed by atoms with van der Waals surface area (Å²) in [4.78, 5) is 55.3. The quantitative estimate of drug-likeness (QED) is 0.182. The minimum Gasteiger partial charge on any atom is -0.427 e. The molecule has 2 amide bonds. The Hall–Kier alpha value is -4.09. The van der Waals surface area contributed by atoms with Crippen LogP contribution in [-0.2, 0) is 40.0 Å². The number of amides is 2. The highest BCUT2D eigenvalue weighted by Gasteiger charge is 2.57. The Balaban J connectivity index is 1.38. The van der Waals surface area contributed by atoms with Gasteiger partial charge in [0.2, 0.25) is 18.6 Å². The summed E-state index contributed by atoms with van der Waals surface area (Å²) in [6.45, 7) is 6.55. The molecule has 0 bridgehead atoms. The van der Waals surface area contributed by atoms with Gasteiger partial charge in [-0.25, -0.2) is 4.79 Å². The van der Waals surface area contributed by atoms with Crippen molar-refractivity contribution in [3.63, 3.8) is 0 Å². The lowest BCUT2D eigenvalue weighted by Crippen LogP contribution is -2.61. The summed E-state index contributed by atoms with van der Waals surface area (Å²) in [5, 5.41) is 12.9. The van der Waals surface area contributed by atoms with E-state index in [0.717, 1.165) is 11.1 Å². The number of aliphatic hydroxyl groups is 1. The van der Waals surface area contributed by atoms with Gasteiger partial charge in [-0.1, -0.05) is 24.3 Å². The van der Waals surface area contributed by atoms with Gasteiger partial charge in [0, 0.05) is 18.1 Å². The lowest BCUT2D eigenvalue weighted by Gasteiger charge is -2.44. The van der Waals surface area contributed by atoms with E-state index in [4.69, 9.17) is 14.2 Å². The first kappa shape index (κ1) is 29.9. The Bertz CT molecular complexity index is 1320. The molecular formula is C30H35N3O8. The third kappa shape index (κ3) is 6.98. The Morgan fingerprint density at radius 1 is 1.10 bits per heavy atom. The van der Waals surface area contributed by atoms with E-state index in [1.54, 1.807) is 52.2 Å². The van der Waals surface area contributed by atoms with Gasteiger partial charge in [0.05, 0.1) is 43.1 Å². The molecule has 0 unspecified atom stereocenters. The van der Waals surface area contributed by atoms with Gasteiger partial charge in [0.15, 0.2) is 0 Å². The van der Waals surface area contributed by atoms with E-state index in [0.29, 0.717) is 17.7 Å². The number of rotatable bonds is 11. The zero-order valence-corrected chi connectivity index (χ0v) is 23.6. The molecule has 2 aromatic rings. The van der Waals surface area contributed by atoms with E-state index >= 15 is 0 Å². The summed E-state index contributed by atoms with van der Waals surface area (Å²) in [6, 6.07) is 10.4. The Morgan fingerprint density at radius 2 is 1.78 bits per heavy atom. The number of carbonyl (C=O) groups excluding carboxylic acids is 4. The van der Waals surface area contributed by atoms with E-state index in [1.807, 2.05) is 24.3 Å². The lowest BCUT2D eigenvalue weighted by molar-refractivity contribution is -0.175. The topological polar surface area (TPSA) is 144 Å². The number of aromatic nitrogens is 1. The third-order valence-electron chi connectivity index (χ3n) is 6.92. The van der Waals surface area contributed by atoms with Gasteiger partial charge in [-0.3, -0.25) is 19.4 Å². The fourth-order valence-electron chi connectivity index (χ4n) is 4.75. The molecule has 218 valence electrons. The van der Waals surface area contributed by atoms with Crippen LogP contribution in [0.1, 0.15) is 51.7 Å². The van der Waals surface area contributed by atoms with Crippen LogP contribution in [0.4, 0.5) is 5.69 Å². The van der Waals surface area contributed by atoms with Crippen molar-refractivity contribution in [1.82, 2.24) is 9.88 Å². The average Bonchev–Trinajstić information content (AvgIpc) is 3.26. The zero-order valence-electron chi connectivity index (χ0n) is 23.6. The molecule has 3 heterocycles. The standard InChI is InChI=1S/C30H35N3O8/c1-18(34)25-23-15-22(26(33(23)27(25)36)28(37)40-17-41-29(38)30(2,3)4)20-7-5-19(6-8-20)16-39-14-11-24(35)32-21-9-12-31-13-10-21/h5-10,12-13,18,23,25,34H,11,14-17H2,1-4H3,(H,31,32,35)/t18-,23-,25-/m1/s1. The van der Waals surface area contributed by atoms with Crippen LogP contribution < -0.4 is 5.32 Å². The van der Waals surface area contributed by atoms with Gasteiger partial charge in [-0.15, -0.1) is 0 Å². The maximum Gasteiger partial charge on any atom is 0.358 e. The number of benzene rings is 1. The maximum atomic E-state index is 13.1. The SMILES string of the molecule is C[C@@H](O)[C@H]1C(=O)N2C(C(=O)OCOC(=O)C(C)(C)C)=C(c3ccc(COCCC(=O)Nc4ccncc4)cc3)C[C@H]12. The Morgan fingerprint density at radius 3 is 2.41 bits per heavy atom. The monoisotopic (exact) mass is 565 g/mol. The van der Waals surface area contributed by atoms with Gasteiger partial charge < -0.3 is 29.5 Å². The van der Waals surface area contributed by atoms with Crippen LogP contribution in [-0.4, -0.2) is 64.3 Å². The minimum atomic E-state index is -0.862. The first-order valence-corrected chi connectivity index (χ1v) is 13.4. The number of anilines is 1. The molecule has 11 nitrogen and oxygen atoms in total. The van der Waals surface area contributed by atoms with Gasteiger partial charge in [0.1, 0.15) is 5.70 Å². The highest BCUT2D eigenvalue weighted by molar-refractivity contribution is 6.06. The summed E-state index contributed by atoms with van der Waals surface area (Å²) < 4.78 is 16.0. The lowest BCUT2D eigenvalue weighted by atomic mass is 9.82. The third-order valence-corrected chi connectivity index (χ3v) is 6.92. The second kappa shape index (κ2) is 12.6. The molecule has 1 aromatic heterocycles. The highest BCUT2D eigenvalue weighted by Crippen LogP contribution is 2.47. The number of esters is 2. The van der Waals surface area contributed by atoms with Crippen molar-refractivity contribution >= 4 is 35.0 Å². The molecule has 11 heteroatoms. The summed E-state index contributed by atoms with van der Waals surface area (Å²) in [7, 11) is 0. The molecule has 2 N–H and O–H groups in total. The van der Waals surface area contributed by atoms with Crippen molar-refractivity contribution in [2.45, 2.75) is 59.3 Å². The predicted molar refractivity (Wildman–Crippen MR) is 147 cm³/mol. The Kier molecular flexibility index (Phi) is 9.19. The number of fused-ring (bicyclic) bond motifs is 1. The largest absolute Gasteiger partial charge is 0.427 e. The second-order valence-electron chi connectivity index (χ2n) is 11.1. The normalized spacial score (nSPS) is 18.9. The van der Waals surface area contributed by atoms with E-state index in [2.05, 4.69) is 10.3 Å². The fourth-order valence-corrected chi connectivity index (χ4v) is 4.75. The number of β-lactam (4-membered cyclic amide) rings is 1. The van der Waals surface area contributed by atoms with Crippen LogP contribution in [0.2, 0.25) is 0 Å².